The van der Waals surface area contributed by atoms with Crippen LogP contribution in [0.3, 0.4) is 0 Å². The first kappa shape index (κ1) is 32.6. The maximum Gasteiger partial charge on any atom is 0.241 e. The molecule has 1 amide bonds. The van der Waals surface area contributed by atoms with E-state index in [1.807, 2.05) is 35.2 Å². The fraction of sp³-hybridized carbons (Fsp3) is 0.486. The van der Waals surface area contributed by atoms with Crippen LogP contribution in [0.5, 0.6) is 23.0 Å². The average molecular weight is 619 g/mol. The van der Waals surface area contributed by atoms with Crippen LogP contribution < -0.4 is 23.8 Å². The van der Waals surface area contributed by atoms with E-state index in [0.29, 0.717) is 22.8 Å². The number of carbonyl (C=O) groups excluding carboxylic acids is 1. The summed E-state index contributed by atoms with van der Waals surface area (Å²) in [6, 6.07) is 17.5. The lowest BCUT2D eigenvalue weighted by Crippen LogP contribution is -2.47. The SMILES string of the molecule is CCCC(CCC)N(C(=O)CN1C[C@H](c2cc(OC)c3c(c2)OCO3)C[C@@H]1CCc1ccccc1OC)c1ccc(F)c(C)c1. The van der Waals surface area contributed by atoms with Crippen LogP contribution in [-0.4, -0.2) is 57.0 Å². The Bertz CT molecular complexity index is 1460. The Balaban J connectivity index is 1.44. The number of ether oxygens (including phenoxy) is 4. The Hall–Kier alpha value is -3.78. The average Bonchev–Trinajstić information content (AvgIpc) is 3.69. The standard InChI is InChI=1S/C37H47FN2O5/c1-6-10-29(11-7-2)40(31-16-17-32(38)25(3)18-31)36(41)23-39-22-28(27-20-34(43-5)37-35(21-27)44-24-45-37)19-30(39)15-14-26-12-8-9-13-33(26)42-4/h8-9,12-13,16-18,20-21,28-30H,6-7,10-11,14-15,19,22-24H2,1-5H3/t28-,30+/m1/s1. The molecule has 3 aromatic rings. The van der Waals surface area contributed by atoms with Gasteiger partial charge in [0, 0.05) is 24.3 Å². The van der Waals surface area contributed by atoms with Crippen molar-refractivity contribution in [3.63, 3.8) is 0 Å². The molecule has 1 fully saturated rings. The molecule has 0 N–H and O–H groups in total. The maximum atomic E-state index is 14.4. The molecule has 2 aliphatic rings. The molecule has 0 bridgehead atoms. The third-order valence-electron chi connectivity index (χ3n) is 9.26. The number of hydrogen-bond donors (Lipinski definition) is 0. The van der Waals surface area contributed by atoms with E-state index in [4.69, 9.17) is 18.9 Å². The van der Waals surface area contributed by atoms with E-state index >= 15 is 0 Å². The highest BCUT2D eigenvalue weighted by atomic mass is 19.1. The summed E-state index contributed by atoms with van der Waals surface area (Å²) in [5.41, 5.74) is 3.60. The topological polar surface area (TPSA) is 60.5 Å². The number of para-hydroxylation sites is 1. The first-order chi connectivity index (χ1) is 21.9. The number of anilines is 1. The quantitative estimate of drug-likeness (QED) is 0.185. The number of nitrogens with zero attached hydrogens (tertiary/aromatic N) is 2. The number of benzene rings is 3. The Morgan fingerprint density at radius 1 is 1.02 bits per heavy atom. The van der Waals surface area contributed by atoms with Gasteiger partial charge in [0.15, 0.2) is 11.5 Å². The summed E-state index contributed by atoms with van der Waals surface area (Å²) in [5.74, 6) is 2.87. The highest BCUT2D eigenvalue weighted by Gasteiger charge is 2.37. The van der Waals surface area contributed by atoms with Crippen molar-refractivity contribution in [3.8, 4) is 23.0 Å². The zero-order valence-electron chi connectivity index (χ0n) is 27.3. The third kappa shape index (κ3) is 7.38. The van der Waals surface area contributed by atoms with Crippen LogP contribution in [0.25, 0.3) is 0 Å². The molecule has 0 spiro atoms. The molecule has 242 valence electrons. The molecular formula is C37H47FN2O5. The van der Waals surface area contributed by atoms with Gasteiger partial charge in [-0.05, 0) is 98.0 Å². The smallest absolute Gasteiger partial charge is 0.241 e. The van der Waals surface area contributed by atoms with Gasteiger partial charge in [-0.15, -0.1) is 0 Å². The number of fused-ring (bicyclic) bond motifs is 1. The van der Waals surface area contributed by atoms with Gasteiger partial charge in [-0.3, -0.25) is 9.69 Å². The van der Waals surface area contributed by atoms with Crippen molar-refractivity contribution in [1.82, 2.24) is 4.90 Å². The van der Waals surface area contributed by atoms with Crippen molar-refractivity contribution in [2.24, 2.45) is 0 Å². The van der Waals surface area contributed by atoms with Gasteiger partial charge in [-0.25, -0.2) is 4.39 Å². The summed E-state index contributed by atoms with van der Waals surface area (Å²) in [4.78, 5) is 18.7. The lowest BCUT2D eigenvalue weighted by atomic mass is 9.93. The first-order valence-electron chi connectivity index (χ1n) is 16.3. The summed E-state index contributed by atoms with van der Waals surface area (Å²) >= 11 is 0. The number of rotatable bonds is 14. The zero-order chi connectivity index (χ0) is 31.9. The van der Waals surface area contributed by atoms with Crippen molar-refractivity contribution in [2.75, 3.05) is 39.0 Å². The summed E-state index contributed by atoms with van der Waals surface area (Å²) in [5, 5.41) is 0. The Morgan fingerprint density at radius 2 is 1.78 bits per heavy atom. The van der Waals surface area contributed by atoms with E-state index < -0.39 is 0 Å². The zero-order valence-corrected chi connectivity index (χ0v) is 27.3. The molecule has 2 atom stereocenters. The Morgan fingerprint density at radius 3 is 2.49 bits per heavy atom. The largest absolute Gasteiger partial charge is 0.496 e. The molecule has 5 rings (SSSR count). The minimum Gasteiger partial charge on any atom is -0.496 e. The van der Waals surface area contributed by atoms with E-state index in [2.05, 4.69) is 30.9 Å². The van der Waals surface area contributed by atoms with Gasteiger partial charge in [-0.1, -0.05) is 44.9 Å². The number of amides is 1. The van der Waals surface area contributed by atoms with Gasteiger partial charge in [0.1, 0.15) is 11.6 Å². The number of methoxy groups -OCH3 is 2. The van der Waals surface area contributed by atoms with Crippen molar-refractivity contribution >= 4 is 11.6 Å². The van der Waals surface area contributed by atoms with Crippen LogP contribution in [0.4, 0.5) is 10.1 Å². The lowest BCUT2D eigenvalue weighted by molar-refractivity contribution is -0.120. The molecule has 0 radical (unpaired) electrons. The highest BCUT2D eigenvalue weighted by molar-refractivity contribution is 5.95. The van der Waals surface area contributed by atoms with E-state index in [-0.39, 0.29) is 43.1 Å². The fourth-order valence-electron chi connectivity index (χ4n) is 6.99. The van der Waals surface area contributed by atoms with Gasteiger partial charge < -0.3 is 23.8 Å². The molecule has 45 heavy (non-hydrogen) atoms. The van der Waals surface area contributed by atoms with Gasteiger partial charge in [0.25, 0.3) is 0 Å². The van der Waals surface area contributed by atoms with E-state index in [1.54, 1.807) is 27.2 Å². The predicted molar refractivity (Wildman–Crippen MR) is 175 cm³/mol. The summed E-state index contributed by atoms with van der Waals surface area (Å²) in [7, 11) is 3.35. The van der Waals surface area contributed by atoms with Crippen molar-refractivity contribution < 1.29 is 28.1 Å². The molecular weight excluding hydrogens is 571 g/mol. The van der Waals surface area contributed by atoms with Crippen molar-refractivity contribution in [1.29, 1.82) is 0 Å². The predicted octanol–water partition coefficient (Wildman–Crippen LogP) is 7.67. The second-order valence-electron chi connectivity index (χ2n) is 12.3. The number of halogens is 1. The number of carbonyl (C=O) groups is 1. The highest BCUT2D eigenvalue weighted by Crippen LogP contribution is 2.45. The summed E-state index contributed by atoms with van der Waals surface area (Å²) in [6.07, 6.45) is 6.34. The number of hydrogen-bond acceptors (Lipinski definition) is 6. The van der Waals surface area contributed by atoms with Gasteiger partial charge in [0.05, 0.1) is 20.8 Å². The molecule has 0 aromatic heterocycles. The number of aryl methyl sites for hydroxylation is 2. The fourth-order valence-corrected chi connectivity index (χ4v) is 6.99. The maximum absolute atomic E-state index is 14.4. The van der Waals surface area contributed by atoms with Gasteiger partial charge in [0.2, 0.25) is 18.4 Å². The molecule has 0 unspecified atom stereocenters. The molecule has 2 aliphatic heterocycles. The minimum atomic E-state index is -0.258. The van der Waals surface area contributed by atoms with Crippen LogP contribution in [0.2, 0.25) is 0 Å². The van der Waals surface area contributed by atoms with Crippen LogP contribution in [0.1, 0.15) is 75.0 Å². The second kappa shape index (κ2) is 15.0. The molecule has 7 nitrogen and oxygen atoms in total. The Kier molecular flexibility index (Phi) is 10.9. The molecule has 8 heteroatoms. The van der Waals surface area contributed by atoms with Crippen LogP contribution in [0.15, 0.2) is 54.6 Å². The second-order valence-corrected chi connectivity index (χ2v) is 12.3. The van der Waals surface area contributed by atoms with E-state index in [9.17, 15) is 9.18 Å². The van der Waals surface area contributed by atoms with Gasteiger partial charge in [-0.2, -0.15) is 0 Å². The minimum absolute atomic E-state index is 0.0547. The molecule has 0 aliphatic carbocycles. The monoisotopic (exact) mass is 618 g/mol. The summed E-state index contributed by atoms with van der Waals surface area (Å²) in [6.45, 7) is 7.26. The lowest BCUT2D eigenvalue weighted by Gasteiger charge is -2.34. The van der Waals surface area contributed by atoms with Crippen LogP contribution in [-0.2, 0) is 11.2 Å². The van der Waals surface area contributed by atoms with Crippen molar-refractivity contribution in [2.45, 2.75) is 83.7 Å². The van der Waals surface area contributed by atoms with Crippen LogP contribution in [0, 0.1) is 12.7 Å². The third-order valence-corrected chi connectivity index (χ3v) is 9.26. The van der Waals surface area contributed by atoms with Crippen LogP contribution >= 0.6 is 0 Å². The summed E-state index contributed by atoms with van der Waals surface area (Å²) < 4.78 is 37.0. The molecule has 2 heterocycles. The Labute approximate surface area is 267 Å². The molecule has 1 saturated heterocycles. The normalized spacial score (nSPS) is 17.6. The first-order valence-corrected chi connectivity index (χ1v) is 16.3. The van der Waals surface area contributed by atoms with E-state index in [1.165, 1.54) is 6.07 Å². The number of likely N-dealkylation sites (tertiary alicyclic amines) is 1. The molecule has 0 saturated carbocycles. The van der Waals surface area contributed by atoms with Gasteiger partial charge >= 0.3 is 0 Å². The van der Waals surface area contributed by atoms with E-state index in [0.717, 1.165) is 74.1 Å². The molecule has 3 aromatic carbocycles. The van der Waals surface area contributed by atoms with Crippen molar-refractivity contribution in [3.05, 3.63) is 77.1 Å².